The molecule has 15 heavy (non-hydrogen) atoms. The van der Waals surface area contributed by atoms with Crippen molar-refractivity contribution in [3.8, 4) is 0 Å². The predicted molar refractivity (Wildman–Crippen MR) is 67.8 cm³/mol. The average molecular weight is 290 g/mol. The Hall–Kier alpha value is -0.280. The van der Waals surface area contributed by atoms with E-state index in [-0.39, 0.29) is 0 Å². The molecule has 1 aliphatic rings. The molecule has 1 saturated heterocycles. The maximum atomic E-state index is 6.08. The molecular formula is C11H14BrClN2. The topological polar surface area (TPSA) is 16.1 Å². The first-order valence-electron chi connectivity index (χ1n) is 5.18. The Morgan fingerprint density at radius 1 is 1.47 bits per heavy atom. The van der Waals surface area contributed by atoms with Crippen LogP contribution in [0.15, 0.2) is 16.7 Å². The summed E-state index contributed by atoms with van der Waals surface area (Å²) in [6, 6.07) is 2.11. The van der Waals surface area contributed by atoms with Crippen LogP contribution in [0.25, 0.3) is 0 Å². The van der Waals surface area contributed by atoms with E-state index in [0.29, 0.717) is 5.38 Å². The first-order chi connectivity index (χ1) is 7.16. The standard InChI is InChI=1S/C11H14BrClN2/c1-8-6-9(12)7-14-11(8)15-4-2-10(13)3-5-15/h6-7,10H,2-5H2,1H3. The molecule has 0 spiro atoms. The summed E-state index contributed by atoms with van der Waals surface area (Å²) in [5.41, 5.74) is 1.22. The first-order valence-corrected chi connectivity index (χ1v) is 6.41. The van der Waals surface area contributed by atoms with Crippen LogP contribution in [0, 0.1) is 6.92 Å². The number of hydrogen-bond acceptors (Lipinski definition) is 2. The molecule has 2 rings (SSSR count). The molecule has 1 aromatic rings. The molecule has 1 fully saturated rings. The zero-order valence-electron chi connectivity index (χ0n) is 8.71. The molecule has 82 valence electrons. The lowest BCUT2D eigenvalue weighted by molar-refractivity contribution is 0.579. The molecule has 1 aromatic heterocycles. The Bertz CT molecular complexity index is 348. The SMILES string of the molecule is Cc1cc(Br)cnc1N1CCC(Cl)CC1. The highest BCUT2D eigenvalue weighted by molar-refractivity contribution is 9.10. The third kappa shape index (κ3) is 2.64. The van der Waals surface area contributed by atoms with E-state index in [9.17, 15) is 0 Å². The zero-order valence-corrected chi connectivity index (χ0v) is 11.1. The molecule has 0 aliphatic carbocycles. The molecule has 0 unspecified atom stereocenters. The summed E-state index contributed by atoms with van der Waals surface area (Å²) < 4.78 is 1.04. The number of piperidine rings is 1. The Morgan fingerprint density at radius 3 is 2.73 bits per heavy atom. The summed E-state index contributed by atoms with van der Waals surface area (Å²) >= 11 is 9.51. The van der Waals surface area contributed by atoms with E-state index in [2.05, 4.69) is 38.8 Å². The van der Waals surface area contributed by atoms with Crippen LogP contribution in [0.2, 0.25) is 0 Å². The van der Waals surface area contributed by atoms with E-state index >= 15 is 0 Å². The lowest BCUT2D eigenvalue weighted by Crippen LogP contribution is -2.35. The maximum absolute atomic E-state index is 6.08. The lowest BCUT2D eigenvalue weighted by Gasteiger charge is -2.31. The van der Waals surface area contributed by atoms with Crippen molar-refractivity contribution in [2.45, 2.75) is 25.1 Å². The van der Waals surface area contributed by atoms with Crippen LogP contribution >= 0.6 is 27.5 Å². The van der Waals surface area contributed by atoms with Gasteiger partial charge >= 0.3 is 0 Å². The van der Waals surface area contributed by atoms with Gasteiger partial charge < -0.3 is 4.90 Å². The number of pyridine rings is 1. The van der Waals surface area contributed by atoms with Crippen molar-refractivity contribution >= 4 is 33.3 Å². The van der Waals surface area contributed by atoms with Crippen LogP contribution in [0.3, 0.4) is 0 Å². The van der Waals surface area contributed by atoms with Crippen LogP contribution < -0.4 is 4.90 Å². The van der Waals surface area contributed by atoms with Gasteiger partial charge in [-0.2, -0.15) is 0 Å². The van der Waals surface area contributed by atoms with Gasteiger partial charge in [-0.15, -0.1) is 11.6 Å². The van der Waals surface area contributed by atoms with Gasteiger partial charge in [0, 0.05) is 29.1 Å². The second-order valence-electron chi connectivity index (χ2n) is 3.96. The van der Waals surface area contributed by atoms with E-state index in [1.807, 2.05) is 6.20 Å². The highest BCUT2D eigenvalue weighted by atomic mass is 79.9. The van der Waals surface area contributed by atoms with Crippen LogP contribution in [0.5, 0.6) is 0 Å². The smallest absolute Gasteiger partial charge is 0.131 e. The third-order valence-electron chi connectivity index (χ3n) is 2.74. The second-order valence-corrected chi connectivity index (χ2v) is 5.49. The number of aromatic nitrogens is 1. The molecule has 0 bridgehead atoms. The van der Waals surface area contributed by atoms with Crippen molar-refractivity contribution in [3.05, 3.63) is 22.3 Å². The minimum atomic E-state index is 0.344. The average Bonchev–Trinajstić information content (AvgIpc) is 2.20. The van der Waals surface area contributed by atoms with Gasteiger partial charge in [0.1, 0.15) is 5.82 Å². The van der Waals surface area contributed by atoms with Crippen molar-refractivity contribution in [2.75, 3.05) is 18.0 Å². The molecule has 0 saturated carbocycles. The number of hydrogen-bond donors (Lipinski definition) is 0. The van der Waals surface area contributed by atoms with E-state index in [0.717, 1.165) is 36.2 Å². The minimum absolute atomic E-state index is 0.344. The van der Waals surface area contributed by atoms with Gasteiger partial charge in [-0.3, -0.25) is 0 Å². The second kappa shape index (κ2) is 4.71. The Kier molecular flexibility index (Phi) is 3.52. The van der Waals surface area contributed by atoms with Gasteiger partial charge in [-0.1, -0.05) is 0 Å². The van der Waals surface area contributed by atoms with Crippen molar-refractivity contribution in [2.24, 2.45) is 0 Å². The van der Waals surface area contributed by atoms with Crippen LogP contribution in [0.4, 0.5) is 5.82 Å². The van der Waals surface area contributed by atoms with Crippen molar-refractivity contribution < 1.29 is 0 Å². The van der Waals surface area contributed by atoms with E-state index in [1.165, 1.54) is 5.56 Å². The summed E-state index contributed by atoms with van der Waals surface area (Å²) in [5.74, 6) is 1.10. The van der Waals surface area contributed by atoms with Crippen molar-refractivity contribution in [1.82, 2.24) is 4.98 Å². The van der Waals surface area contributed by atoms with Gasteiger partial charge in [0.25, 0.3) is 0 Å². The number of rotatable bonds is 1. The van der Waals surface area contributed by atoms with Gasteiger partial charge in [0.15, 0.2) is 0 Å². The first kappa shape index (κ1) is 11.2. The lowest BCUT2D eigenvalue weighted by atomic mass is 10.1. The normalized spacial score (nSPS) is 18.2. The Balaban J connectivity index is 2.15. The molecule has 4 heteroatoms. The number of aryl methyl sites for hydroxylation is 1. The molecule has 0 amide bonds. The Labute approximate surface area is 104 Å². The van der Waals surface area contributed by atoms with E-state index in [4.69, 9.17) is 11.6 Å². The summed E-state index contributed by atoms with van der Waals surface area (Å²) in [7, 11) is 0. The summed E-state index contributed by atoms with van der Waals surface area (Å²) in [6.45, 7) is 4.13. The van der Waals surface area contributed by atoms with Gasteiger partial charge in [-0.25, -0.2) is 4.98 Å². The van der Waals surface area contributed by atoms with Crippen molar-refractivity contribution in [3.63, 3.8) is 0 Å². The number of alkyl halides is 1. The molecule has 2 heterocycles. The third-order valence-corrected chi connectivity index (χ3v) is 3.61. The highest BCUT2D eigenvalue weighted by Crippen LogP contribution is 2.25. The zero-order chi connectivity index (χ0) is 10.8. The van der Waals surface area contributed by atoms with Crippen molar-refractivity contribution in [1.29, 1.82) is 0 Å². The summed E-state index contributed by atoms with van der Waals surface area (Å²) in [6.07, 6.45) is 3.96. The minimum Gasteiger partial charge on any atom is -0.356 e. The molecule has 0 atom stereocenters. The molecule has 0 aromatic carbocycles. The molecule has 0 radical (unpaired) electrons. The fourth-order valence-electron chi connectivity index (χ4n) is 1.92. The van der Waals surface area contributed by atoms with Gasteiger partial charge in [0.2, 0.25) is 0 Å². The van der Waals surface area contributed by atoms with Crippen LogP contribution in [0.1, 0.15) is 18.4 Å². The van der Waals surface area contributed by atoms with E-state index < -0.39 is 0 Å². The fraction of sp³-hybridized carbons (Fsp3) is 0.545. The Morgan fingerprint density at radius 2 is 2.13 bits per heavy atom. The largest absolute Gasteiger partial charge is 0.356 e. The van der Waals surface area contributed by atoms with Gasteiger partial charge in [0.05, 0.1) is 0 Å². The molecule has 0 N–H and O–H groups in total. The number of anilines is 1. The van der Waals surface area contributed by atoms with E-state index in [1.54, 1.807) is 0 Å². The fourth-order valence-corrected chi connectivity index (χ4v) is 2.57. The van der Waals surface area contributed by atoms with Crippen LogP contribution in [-0.4, -0.2) is 23.5 Å². The van der Waals surface area contributed by atoms with Gasteiger partial charge in [-0.05, 0) is 47.3 Å². The number of halogens is 2. The molecule has 2 nitrogen and oxygen atoms in total. The maximum Gasteiger partial charge on any atom is 0.131 e. The predicted octanol–water partition coefficient (Wildman–Crippen LogP) is 3.36. The van der Waals surface area contributed by atoms with Crippen LogP contribution in [-0.2, 0) is 0 Å². The molecular weight excluding hydrogens is 275 g/mol. The number of nitrogens with zero attached hydrogens (tertiary/aromatic N) is 2. The quantitative estimate of drug-likeness (QED) is 0.737. The monoisotopic (exact) mass is 288 g/mol. The summed E-state index contributed by atoms with van der Waals surface area (Å²) in [5, 5.41) is 0.344. The highest BCUT2D eigenvalue weighted by Gasteiger charge is 2.19. The molecule has 1 aliphatic heterocycles. The summed E-state index contributed by atoms with van der Waals surface area (Å²) in [4.78, 5) is 6.78.